The zero-order chi connectivity index (χ0) is 20.1. The minimum absolute atomic E-state index is 0.0687. The molecular formula is C23H21F3N2. The first-order valence-corrected chi connectivity index (χ1v) is 9.21. The zero-order valence-corrected chi connectivity index (χ0v) is 15.6. The van der Waals surface area contributed by atoms with Gasteiger partial charge in [-0.1, -0.05) is 48.5 Å². The van der Waals surface area contributed by atoms with E-state index in [1.54, 1.807) is 6.07 Å². The van der Waals surface area contributed by atoms with Crippen LogP contribution in [0.25, 0.3) is 10.8 Å². The Kier molecular flexibility index (Phi) is 6.01. The van der Waals surface area contributed by atoms with Crippen molar-refractivity contribution >= 4 is 10.8 Å². The predicted molar refractivity (Wildman–Crippen MR) is 105 cm³/mol. The second kappa shape index (κ2) is 8.45. The number of nitrogens with one attached hydrogen (secondary N) is 1. The number of hydrogen-bond acceptors (Lipinski definition) is 2. The van der Waals surface area contributed by atoms with Crippen LogP contribution in [-0.2, 0) is 12.6 Å². The molecule has 2 nitrogen and oxygen atoms in total. The van der Waals surface area contributed by atoms with Crippen molar-refractivity contribution in [3.8, 4) is 6.07 Å². The lowest BCUT2D eigenvalue weighted by molar-refractivity contribution is -0.137. The fraction of sp³-hybridized carbons (Fsp3) is 0.261. The summed E-state index contributed by atoms with van der Waals surface area (Å²) in [5, 5.41) is 14.7. The van der Waals surface area contributed by atoms with E-state index in [-0.39, 0.29) is 6.04 Å². The Balaban J connectivity index is 1.62. The Morgan fingerprint density at radius 2 is 1.75 bits per heavy atom. The molecule has 1 N–H and O–H groups in total. The molecule has 3 aromatic rings. The molecule has 0 aromatic heterocycles. The summed E-state index contributed by atoms with van der Waals surface area (Å²) in [5.41, 5.74) is 1.84. The van der Waals surface area contributed by atoms with Gasteiger partial charge in [0.05, 0.1) is 17.2 Å². The summed E-state index contributed by atoms with van der Waals surface area (Å²) >= 11 is 0. The van der Waals surface area contributed by atoms with E-state index in [9.17, 15) is 18.4 Å². The molecule has 0 aliphatic heterocycles. The third-order valence-electron chi connectivity index (χ3n) is 4.89. The van der Waals surface area contributed by atoms with Gasteiger partial charge in [0.2, 0.25) is 0 Å². The summed E-state index contributed by atoms with van der Waals surface area (Å²) in [6, 6.07) is 19.4. The third kappa shape index (κ3) is 4.52. The molecule has 0 fully saturated rings. The van der Waals surface area contributed by atoms with Crippen LogP contribution in [0, 0.1) is 11.3 Å². The summed E-state index contributed by atoms with van der Waals surface area (Å²) in [6.45, 7) is 2.74. The number of nitriles is 1. The summed E-state index contributed by atoms with van der Waals surface area (Å²) < 4.78 is 38.4. The number of hydrogen-bond donors (Lipinski definition) is 1. The second-order valence-electron chi connectivity index (χ2n) is 6.84. The lowest BCUT2D eigenvalue weighted by Crippen LogP contribution is -2.20. The molecule has 0 amide bonds. The van der Waals surface area contributed by atoms with E-state index in [1.807, 2.05) is 36.4 Å². The van der Waals surface area contributed by atoms with E-state index in [0.29, 0.717) is 24.1 Å². The SMILES string of the molecule is C[C@@H](NCCCc1cccc(C(F)(F)F)c1)c1ccc(C#N)c2ccccc12. The van der Waals surface area contributed by atoms with Crippen molar-refractivity contribution in [1.29, 1.82) is 5.26 Å². The number of rotatable bonds is 6. The van der Waals surface area contributed by atoms with E-state index >= 15 is 0 Å². The standard InChI is InChI=1S/C23H21F3N2/c1-16(20-12-11-18(15-27)21-9-2-3-10-22(20)21)28-13-5-7-17-6-4-8-19(14-17)23(24,25)26/h2-4,6,8-12,14,16,28H,5,7,13H2,1H3/t16-/m1/s1. The van der Waals surface area contributed by atoms with Crippen LogP contribution < -0.4 is 5.32 Å². The molecule has 0 heterocycles. The van der Waals surface area contributed by atoms with Crippen LogP contribution in [0.1, 0.15) is 41.6 Å². The minimum atomic E-state index is -4.31. The van der Waals surface area contributed by atoms with Crippen LogP contribution in [-0.4, -0.2) is 6.54 Å². The fourth-order valence-electron chi connectivity index (χ4n) is 3.42. The number of alkyl halides is 3. The average Bonchev–Trinajstić information content (AvgIpc) is 2.69. The van der Waals surface area contributed by atoms with Gasteiger partial charge in [-0.15, -0.1) is 0 Å². The first-order chi connectivity index (χ1) is 13.4. The molecule has 144 valence electrons. The van der Waals surface area contributed by atoms with Crippen molar-refractivity contribution < 1.29 is 13.2 Å². The molecule has 3 rings (SSSR count). The topological polar surface area (TPSA) is 35.8 Å². The maximum absolute atomic E-state index is 12.8. The molecule has 28 heavy (non-hydrogen) atoms. The molecule has 5 heteroatoms. The molecule has 0 saturated carbocycles. The van der Waals surface area contributed by atoms with Gasteiger partial charge >= 0.3 is 6.18 Å². The molecule has 0 aliphatic carbocycles. The van der Waals surface area contributed by atoms with Crippen LogP contribution in [0.3, 0.4) is 0 Å². The number of benzene rings is 3. The largest absolute Gasteiger partial charge is 0.416 e. The first-order valence-electron chi connectivity index (χ1n) is 9.21. The molecular weight excluding hydrogens is 361 g/mol. The van der Waals surface area contributed by atoms with Gasteiger partial charge in [-0.25, -0.2) is 0 Å². The number of aryl methyl sites for hydroxylation is 1. The van der Waals surface area contributed by atoms with Crippen LogP contribution in [0.4, 0.5) is 13.2 Å². The molecule has 0 bridgehead atoms. The molecule has 0 aliphatic rings. The van der Waals surface area contributed by atoms with Gasteiger partial charge in [-0.2, -0.15) is 18.4 Å². The fourth-order valence-corrected chi connectivity index (χ4v) is 3.42. The molecule has 3 aromatic carbocycles. The molecule has 0 radical (unpaired) electrons. The Bertz CT molecular complexity index is 1000. The molecule has 0 spiro atoms. The Hall–Kier alpha value is -2.84. The van der Waals surface area contributed by atoms with Crippen molar-refractivity contribution in [3.05, 3.63) is 82.9 Å². The molecule has 1 atom stereocenters. The lowest BCUT2D eigenvalue weighted by Gasteiger charge is -2.17. The van der Waals surface area contributed by atoms with Gasteiger partial charge in [0.15, 0.2) is 0 Å². The van der Waals surface area contributed by atoms with E-state index in [2.05, 4.69) is 18.3 Å². The number of fused-ring (bicyclic) bond motifs is 1. The van der Waals surface area contributed by atoms with E-state index in [4.69, 9.17) is 0 Å². The monoisotopic (exact) mass is 382 g/mol. The van der Waals surface area contributed by atoms with Gasteiger partial charge in [-0.3, -0.25) is 0 Å². The van der Waals surface area contributed by atoms with Crippen LogP contribution in [0.5, 0.6) is 0 Å². The van der Waals surface area contributed by atoms with E-state index in [1.165, 1.54) is 12.1 Å². The van der Waals surface area contributed by atoms with Crippen LogP contribution >= 0.6 is 0 Å². The summed E-state index contributed by atoms with van der Waals surface area (Å²) in [4.78, 5) is 0. The third-order valence-corrected chi connectivity index (χ3v) is 4.89. The highest BCUT2D eigenvalue weighted by Crippen LogP contribution is 2.30. The number of nitrogens with zero attached hydrogens (tertiary/aromatic N) is 1. The van der Waals surface area contributed by atoms with Crippen LogP contribution in [0.15, 0.2) is 60.7 Å². The number of halogens is 3. The summed E-state index contributed by atoms with van der Waals surface area (Å²) in [6.07, 6.45) is -2.99. The average molecular weight is 382 g/mol. The van der Waals surface area contributed by atoms with E-state index in [0.717, 1.165) is 28.8 Å². The zero-order valence-electron chi connectivity index (χ0n) is 15.6. The van der Waals surface area contributed by atoms with Gasteiger partial charge in [-0.05, 0) is 60.3 Å². The summed E-state index contributed by atoms with van der Waals surface area (Å²) in [7, 11) is 0. The Morgan fingerprint density at radius 3 is 2.46 bits per heavy atom. The van der Waals surface area contributed by atoms with Gasteiger partial charge < -0.3 is 5.32 Å². The highest BCUT2D eigenvalue weighted by molar-refractivity contribution is 5.90. The Labute approximate surface area is 162 Å². The van der Waals surface area contributed by atoms with Crippen molar-refractivity contribution in [2.45, 2.75) is 32.0 Å². The molecule has 0 unspecified atom stereocenters. The first kappa shape index (κ1) is 19.9. The maximum Gasteiger partial charge on any atom is 0.416 e. The second-order valence-corrected chi connectivity index (χ2v) is 6.84. The highest BCUT2D eigenvalue weighted by Gasteiger charge is 2.30. The van der Waals surface area contributed by atoms with Crippen molar-refractivity contribution in [2.24, 2.45) is 0 Å². The van der Waals surface area contributed by atoms with E-state index < -0.39 is 11.7 Å². The van der Waals surface area contributed by atoms with Crippen molar-refractivity contribution in [3.63, 3.8) is 0 Å². The maximum atomic E-state index is 12.8. The van der Waals surface area contributed by atoms with Gasteiger partial charge in [0.1, 0.15) is 0 Å². The normalized spacial score (nSPS) is 12.7. The quantitative estimate of drug-likeness (QED) is 0.530. The highest BCUT2D eigenvalue weighted by atomic mass is 19.4. The van der Waals surface area contributed by atoms with Crippen molar-refractivity contribution in [1.82, 2.24) is 5.32 Å². The Morgan fingerprint density at radius 1 is 1.00 bits per heavy atom. The summed E-state index contributed by atoms with van der Waals surface area (Å²) in [5.74, 6) is 0. The minimum Gasteiger partial charge on any atom is -0.310 e. The lowest BCUT2D eigenvalue weighted by atomic mass is 9.96. The smallest absolute Gasteiger partial charge is 0.310 e. The van der Waals surface area contributed by atoms with Crippen LogP contribution in [0.2, 0.25) is 0 Å². The predicted octanol–water partition coefficient (Wildman–Crippen LogP) is 6.01. The van der Waals surface area contributed by atoms with Gasteiger partial charge in [0, 0.05) is 6.04 Å². The van der Waals surface area contributed by atoms with Gasteiger partial charge in [0.25, 0.3) is 0 Å². The molecule has 0 saturated heterocycles. The van der Waals surface area contributed by atoms with Crippen molar-refractivity contribution in [2.75, 3.05) is 6.54 Å².